The van der Waals surface area contributed by atoms with E-state index in [1.165, 1.54) is 0 Å². The minimum absolute atomic E-state index is 0.217. The number of benzene rings is 7. The highest BCUT2D eigenvalue weighted by molar-refractivity contribution is 8.00. The smallest absolute Gasteiger partial charge is 0.172 e. The van der Waals surface area contributed by atoms with Gasteiger partial charge in [-0.1, -0.05) is 212 Å². The normalized spacial score (nSPS) is 24.0. The summed E-state index contributed by atoms with van der Waals surface area (Å²) in [5.41, 5.74) is 6.53. The first-order valence-corrected chi connectivity index (χ1v) is 26.1. The fraction of sp³-hybridized carbons (Fsp3) is 0.323. The average molecular weight is 1000 g/mol. The minimum Gasteiger partial charge on any atom is -0.374 e. The van der Waals surface area contributed by atoms with E-state index < -0.39 is 59.7 Å². The summed E-state index contributed by atoms with van der Waals surface area (Å²) in [5.74, 6) is 0. The predicted molar refractivity (Wildman–Crippen MR) is 283 cm³/mol. The molecule has 73 heavy (non-hydrogen) atoms. The van der Waals surface area contributed by atoms with Crippen LogP contribution in [-0.2, 0) is 93.6 Å². The quantitative estimate of drug-likeness (QED) is 0.0519. The SMILES string of the molecule is CO[C@H]1O[C@H](COCc2ccccc2)[C@@H](OCc2ccccc2)[C@H](OCc2ccccc2)[C@H]1S[C@@H]1O[C@H](COCc2ccccc2)[C@@H](OCc2ccccc2)[C@H](OCc2ccccc2)[C@H]1OCc1ccccc1. The third-order valence-corrected chi connectivity index (χ3v) is 14.4. The van der Waals surface area contributed by atoms with E-state index in [2.05, 4.69) is 84.9 Å². The van der Waals surface area contributed by atoms with Crippen molar-refractivity contribution in [3.05, 3.63) is 251 Å². The zero-order valence-electron chi connectivity index (χ0n) is 41.3. The van der Waals surface area contributed by atoms with Crippen molar-refractivity contribution in [3.63, 3.8) is 0 Å². The van der Waals surface area contributed by atoms with Crippen LogP contribution in [0.1, 0.15) is 38.9 Å². The molecule has 2 fully saturated rings. The summed E-state index contributed by atoms with van der Waals surface area (Å²) in [6, 6.07) is 71.1. The molecule has 0 amide bonds. The van der Waals surface area contributed by atoms with Crippen molar-refractivity contribution in [2.24, 2.45) is 0 Å². The molecule has 11 heteroatoms. The Labute approximate surface area is 434 Å². The van der Waals surface area contributed by atoms with Crippen LogP contribution in [0.25, 0.3) is 0 Å². The Morgan fingerprint density at radius 2 is 0.616 bits per heavy atom. The molecular formula is C62H66O10S. The van der Waals surface area contributed by atoms with Gasteiger partial charge in [0, 0.05) is 7.11 Å². The van der Waals surface area contributed by atoms with E-state index in [1.54, 1.807) is 18.9 Å². The summed E-state index contributed by atoms with van der Waals surface area (Å²) >= 11 is 1.55. The maximum absolute atomic E-state index is 7.40. The number of hydrogen-bond acceptors (Lipinski definition) is 11. The van der Waals surface area contributed by atoms with Gasteiger partial charge in [-0.15, -0.1) is 11.8 Å². The summed E-state index contributed by atoms with van der Waals surface area (Å²) in [4.78, 5) is 0. The van der Waals surface area contributed by atoms with Gasteiger partial charge in [0.2, 0.25) is 0 Å². The lowest BCUT2D eigenvalue weighted by molar-refractivity contribution is -0.270. The summed E-state index contributed by atoms with van der Waals surface area (Å²) in [5, 5.41) is -0.518. The molecule has 0 saturated carbocycles. The molecule has 0 radical (unpaired) electrons. The van der Waals surface area contributed by atoms with Gasteiger partial charge in [0.05, 0.1) is 64.7 Å². The monoisotopic (exact) mass is 1000 g/mol. The molecule has 2 aliphatic heterocycles. The van der Waals surface area contributed by atoms with Crippen molar-refractivity contribution < 1.29 is 47.4 Å². The second kappa shape index (κ2) is 28.2. The van der Waals surface area contributed by atoms with E-state index in [1.807, 2.05) is 127 Å². The van der Waals surface area contributed by atoms with E-state index in [-0.39, 0.29) is 13.2 Å². The van der Waals surface area contributed by atoms with Gasteiger partial charge < -0.3 is 47.4 Å². The Balaban J connectivity index is 1.09. The molecule has 10 nitrogen and oxygen atoms in total. The molecule has 0 aliphatic carbocycles. The van der Waals surface area contributed by atoms with Gasteiger partial charge in [0.15, 0.2) is 6.29 Å². The summed E-state index contributed by atoms with van der Waals surface area (Å²) in [6.07, 6.45) is -5.07. The summed E-state index contributed by atoms with van der Waals surface area (Å²) in [6.45, 7) is 2.81. The van der Waals surface area contributed by atoms with Crippen LogP contribution in [0.15, 0.2) is 212 Å². The largest absolute Gasteiger partial charge is 0.374 e. The van der Waals surface area contributed by atoms with Gasteiger partial charge in [-0.05, 0) is 38.9 Å². The fourth-order valence-corrected chi connectivity index (χ4v) is 10.7. The van der Waals surface area contributed by atoms with Gasteiger partial charge in [-0.2, -0.15) is 0 Å². The third-order valence-electron chi connectivity index (χ3n) is 12.9. The van der Waals surface area contributed by atoms with Crippen molar-refractivity contribution in [2.75, 3.05) is 20.3 Å². The predicted octanol–water partition coefficient (Wildman–Crippen LogP) is 11.5. The zero-order valence-corrected chi connectivity index (χ0v) is 42.2. The number of thioether (sulfide) groups is 1. The third kappa shape index (κ3) is 15.5. The number of hydrogen-bond donors (Lipinski definition) is 0. The number of rotatable bonds is 26. The maximum Gasteiger partial charge on any atom is 0.172 e. The molecule has 2 saturated heterocycles. The van der Waals surface area contributed by atoms with Gasteiger partial charge in [-0.25, -0.2) is 0 Å². The summed E-state index contributed by atoms with van der Waals surface area (Å²) < 4.78 is 69.2. The van der Waals surface area contributed by atoms with Crippen LogP contribution in [0.3, 0.4) is 0 Å². The standard InChI is InChI=1S/C62H66O10S/c1-63-61-60(58(69-42-51-33-19-7-20-34-51)56(67-40-49-29-15-5-16-30-49)53(71-61)44-64-37-46-23-9-2-10-24-46)73-62-59(70-43-52-35-21-8-22-36-52)57(68-41-50-31-17-6-18-32-50)55(66-39-48-27-13-4-14-28-48)54(72-62)45-65-38-47-25-11-3-12-26-47/h2-36,53-62H,37-45H2,1H3/t53-,54-,55-,56-,57+,58+,59-,60-,61+,62+/m1/s1. The van der Waals surface area contributed by atoms with Crippen LogP contribution >= 0.6 is 11.8 Å². The highest BCUT2D eigenvalue weighted by atomic mass is 32.2. The molecule has 0 bridgehead atoms. The zero-order chi connectivity index (χ0) is 49.7. The molecule has 7 aromatic carbocycles. The first-order valence-electron chi connectivity index (χ1n) is 25.2. The van der Waals surface area contributed by atoms with Crippen LogP contribution in [0.4, 0.5) is 0 Å². The highest BCUT2D eigenvalue weighted by Gasteiger charge is 2.54. The van der Waals surface area contributed by atoms with Gasteiger partial charge in [0.25, 0.3) is 0 Å². The molecular weight excluding hydrogens is 937 g/mol. The second-order valence-electron chi connectivity index (χ2n) is 18.2. The number of ether oxygens (including phenoxy) is 10. The molecule has 0 N–H and O–H groups in total. The molecule has 2 heterocycles. The Bertz CT molecular complexity index is 2570. The maximum atomic E-state index is 7.40. The van der Waals surface area contributed by atoms with Crippen LogP contribution in [0.5, 0.6) is 0 Å². The van der Waals surface area contributed by atoms with Crippen molar-refractivity contribution in [2.45, 2.75) is 106 Å². The van der Waals surface area contributed by atoms with Crippen LogP contribution < -0.4 is 0 Å². The van der Waals surface area contributed by atoms with Crippen LogP contribution in [-0.4, -0.2) is 80.0 Å². The van der Waals surface area contributed by atoms with Crippen LogP contribution in [0.2, 0.25) is 0 Å². The van der Waals surface area contributed by atoms with E-state index in [9.17, 15) is 0 Å². The van der Waals surface area contributed by atoms with Crippen molar-refractivity contribution in [3.8, 4) is 0 Å². The topological polar surface area (TPSA) is 92.3 Å². The Morgan fingerprint density at radius 3 is 0.973 bits per heavy atom. The molecule has 10 atom stereocenters. The van der Waals surface area contributed by atoms with E-state index in [0.717, 1.165) is 38.9 Å². The second-order valence-corrected chi connectivity index (χ2v) is 19.5. The molecule has 7 aromatic rings. The lowest BCUT2D eigenvalue weighted by Crippen LogP contribution is -2.63. The van der Waals surface area contributed by atoms with Crippen molar-refractivity contribution in [1.29, 1.82) is 0 Å². The average Bonchev–Trinajstić information content (AvgIpc) is 3.45. The van der Waals surface area contributed by atoms with Gasteiger partial charge in [-0.3, -0.25) is 0 Å². The Kier molecular flexibility index (Phi) is 20.3. The number of methoxy groups -OCH3 is 1. The van der Waals surface area contributed by atoms with Crippen molar-refractivity contribution >= 4 is 11.8 Å². The van der Waals surface area contributed by atoms with E-state index in [0.29, 0.717) is 46.2 Å². The van der Waals surface area contributed by atoms with Crippen LogP contribution in [0, 0.1) is 0 Å². The highest BCUT2D eigenvalue weighted by Crippen LogP contribution is 2.43. The molecule has 2 aliphatic rings. The van der Waals surface area contributed by atoms with Gasteiger partial charge >= 0.3 is 0 Å². The molecule has 0 unspecified atom stereocenters. The Morgan fingerprint density at radius 1 is 0.329 bits per heavy atom. The molecule has 9 rings (SSSR count). The lowest BCUT2D eigenvalue weighted by atomic mass is 9.98. The molecule has 0 aromatic heterocycles. The minimum atomic E-state index is -0.783. The van der Waals surface area contributed by atoms with E-state index >= 15 is 0 Å². The van der Waals surface area contributed by atoms with E-state index in [4.69, 9.17) is 47.4 Å². The van der Waals surface area contributed by atoms with Gasteiger partial charge in [0.1, 0.15) is 48.2 Å². The molecule has 0 spiro atoms. The Hall–Kier alpha value is -5.51. The summed E-state index contributed by atoms with van der Waals surface area (Å²) in [7, 11) is 1.67. The first-order chi connectivity index (χ1) is 36.2. The first kappa shape index (κ1) is 52.4. The van der Waals surface area contributed by atoms with Crippen molar-refractivity contribution in [1.82, 2.24) is 0 Å². The lowest BCUT2D eigenvalue weighted by Gasteiger charge is -2.50. The molecule has 380 valence electrons. The fourth-order valence-electron chi connectivity index (χ4n) is 9.15.